The monoisotopic (exact) mass is 341 g/mol. The molecule has 1 N–H and O–H groups in total. The minimum absolute atomic E-state index is 0.0345. The van der Waals surface area contributed by atoms with Crippen molar-refractivity contribution in [2.45, 2.75) is 6.54 Å². The molecule has 0 aliphatic carbocycles. The molecule has 0 bridgehead atoms. The normalized spacial score (nSPS) is 10.3. The molecule has 0 radical (unpaired) electrons. The Kier molecular flexibility index (Phi) is 5.51. The van der Waals surface area contributed by atoms with E-state index in [1.165, 1.54) is 0 Å². The zero-order chi connectivity index (χ0) is 17.7. The van der Waals surface area contributed by atoms with Gasteiger partial charge in [-0.05, 0) is 24.3 Å². The van der Waals surface area contributed by atoms with E-state index in [0.29, 0.717) is 12.1 Å². The highest BCUT2D eigenvalue weighted by molar-refractivity contribution is 5.91. The van der Waals surface area contributed by atoms with E-state index < -0.39 is 47.3 Å². The molecule has 4 nitrogen and oxygen atoms in total. The zero-order valence-electron chi connectivity index (χ0n) is 12.1. The highest BCUT2D eigenvalue weighted by atomic mass is 19.1. The van der Waals surface area contributed by atoms with Gasteiger partial charge in [0.2, 0.25) is 0 Å². The highest BCUT2D eigenvalue weighted by Crippen LogP contribution is 2.11. The number of ether oxygens (including phenoxy) is 1. The molecule has 0 aliphatic heterocycles. The van der Waals surface area contributed by atoms with Crippen LogP contribution in [0.25, 0.3) is 0 Å². The maximum atomic E-state index is 13.4. The molecule has 0 aliphatic rings. The van der Waals surface area contributed by atoms with Gasteiger partial charge in [-0.3, -0.25) is 4.79 Å². The Balaban J connectivity index is 1.86. The van der Waals surface area contributed by atoms with Crippen molar-refractivity contribution in [3.63, 3.8) is 0 Å². The summed E-state index contributed by atoms with van der Waals surface area (Å²) in [5, 5.41) is 2.25. The zero-order valence-corrected chi connectivity index (χ0v) is 12.1. The maximum Gasteiger partial charge on any atom is 0.341 e. The highest BCUT2D eigenvalue weighted by Gasteiger charge is 2.16. The molecule has 2 aromatic rings. The summed E-state index contributed by atoms with van der Waals surface area (Å²) in [4.78, 5) is 23.1. The van der Waals surface area contributed by atoms with Crippen molar-refractivity contribution >= 4 is 11.9 Å². The van der Waals surface area contributed by atoms with Crippen LogP contribution in [0.1, 0.15) is 15.9 Å². The van der Waals surface area contributed by atoms with Gasteiger partial charge < -0.3 is 10.1 Å². The third kappa shape index (κ3) is 4.55. The fourth-order valence-corrected chi connectivity index (χ4v) is 1.77. The summed E-state index contributed by atoms with van der Waals surface area (Å²) in [6.45, 7) is -1.02. The van der Waals surface area contributed by atoms with Crippen molar-refractivity contribution in [3.8, 4) is 0 Å². The van der Waals surface area contributed by atoms with Gasteiger partial charge in [0.15, 0.2) is 6.61 Å². The van der Waals surface area contributed by atoms with Crippen LogP contribution in [-0.2, 0) is 16.1 Å². The van der Waals surface area contributed by atoms with Gasteiger partial charge in [-0.2, -0.15) is 0 Å². The van der Waals surface area contributed by atoms with Gasteiger partial charge in [0.25, 0.3) is 5.91 Å². The summed E-state index contributed by atoms with van der Waals surface area (Å²) in [7, 11) is 0. The SMILES string of the molecule is O=C(COC(=O)c1cc(F)ccc1F)NCc1ccc(F)cc1F. The Labute approximate surface area is 134 Å². The van der Waals surface area contributed by atoms with Gasteiger partial charge in [0, 0.05) is 18.2 Å². The van der Waals surface area contributed by atoms with Gasteiger partial charge >= 0.3 is 5.97 Å². The van der Waals surface area contributed by atoms with Crippen LogP contribution in [0.2, 0.25) is 0 Å². The number of carbonyl (C=O) groups is 2. The van der Waals surface area contributed by atoms with Crippen molar-refractivity contribution in [1.82, 2.24) is 5.32 Å². The number of carbonyl (C=O) groups excluding carboxylic acids is 2. The molecule has 8 heteroatoms. The third-order valence-corrected chi connectivity index (χ3v) is 2.97. The Bertz CT molecular complexity index is 780. The van der Waals surface area contributed by atoms with Gasteiger partial charge in [0.1, 0.15) is 23.3 Å². The van der Waals surface area contributed by atoms with E-state index in [9.17, 15) is 27.2 Å². The van der Waals surface area contributed by atoms with Crippen molar-refractivity contribution in [2.24, 2.45) is 0 Å². The molecule has 2 rings (SSSR count). The lowest BCUT2D eigenvalue weighted by atomic mass is 10.2. The van der Waals surface area contributed by atoms with Gasteiger partial charge in [0.05, 0.1) is 5.56 Å². The van der Waals surface area contributed by atoms with Crippen molar-refractivity contribution in [2.75, 3.05) is 6.61 Å². The van der Waals surface area contributed by atoms with E-state index in [-0.39, 0.29) is 12.1 Å². The Morgan fingerprint density at radius 1 is 0.917 bits per heavy atom. The Morgan fingerprint density at radius 3 is 2.29 bits per heavy atom. The summed E-state index contributed by atoms with van der Waals surface area (Å²) < 4.78 is 57.0. The van der Waals surface area contributed by atoms with E-state index in [2.05, 4.69) is 10.1 Å². The lowest BCUT2D eigenvalue weighted by Crippen LogP contribution is -2.28. The second-order valence-corrected chi connectivity index (χ2v) is 4.71. The number of halogens is 4. The van der Waals surface area contributed by atoms with E-state index in [0.717, 1.165) is 24.3 Å². The lowest BCUT2D eigenvalue weighted by Gasteiger charge is -2.08. The second kappa shape index (κ2) is 7.58. The smallest absolute Gasteiger partial charge is 0.341 e. The van der Waals surface area contributed by atoms with E-state index in [1.54, 1.807) is 0 Å². The molecule has 0 fully saturated rings. The van der Waals surface area contributed by atoms with Crippen molar-refractivity contribution in [3.05, 3.63) is 70.8 Å². The Hall–Kier alpha value is -2.90. The first-order chi connectivity index (χ1) is 11.4. The predicted molar refractivity (Wildman–Crippen MR) is 74.8 cm³/mol. The second-order valence-electron chi connectivity index (χ2n) is 4.71. The van der Waals surface area contributed by atoms with Crippen LogP contribution in [-0.4, -0.2) is 18.5 Å². The van der Waals surface area contributed by atoms with Crippen LogP contribution < -0.4 is 5.32 Å². The van der Waals surface area contributed by atoms with E-state index >= 15 is 0 Å². The quantitative estimate of drug-likeness (QED) is 0.672. The summed E-state index contributed by atoms with van der Waals surface area (Å²) in [6.07, 6.45) is 0. The van der Waals surface area contributed by atoms with Crippen molar-refractivity contribution in [1.29, 1.82) is 0 Å². The predicted octanol–water partition coefficient (Wildman–Crippen LogP) is 2.72. The first kappa shape index (κ1) is 17.5. The topological polar surface area (TPSA) is 55.4 Å². The molecular weight excluding hydrogens is 330 g/mol. The number of esters is 1. The van der Waals surface area contributed by atoms with Crippen molar-refractivity contribution < 1.29 is 31.9 Å². The molecule has 1 amide bonds. The molecule has 0 unspecified atom stereocenters. The van der Waals surface area contributed by atoms with Crippen LogP contribution in [0.5, 0.6) is 0 Å². The minimum Gasteiger partial charge on any atom is -0.452 e. The molecular formula is C16H11F4NO3. The number of rotatable bonds is 5. The van der Waals surface area contributed by atoms with E-state index in [1.807, 2.05) is 0 Å². The standard InChI is InChI=1S/C16H11F4NO3/c17-10-3-4-13(19)12(5-10)16(23)24-8-15(22)21-7-9-1-2-11(18)6-14(9)20/h1-6H,7-8H2,(H,21,22). The maximum absolute atomic E-state index is 13.4. The number of nitrogens with one attached hydrogen (secondary N) is 1. The lowest BCUT2D eigenvalue weighted by molar-refractivity contribution is -0.124. The summed E-state index contributed by atoms with van der Waals surface area (Å²) in [5.74, 6) is -5.42. The molecule has 0 aromatic heterocycles. The molecule has 0 saturated heterocycles. The number of amides is 1. The fraction of sp³-hybridized carbons (Fsp3) is 0.125. The Morgan fingerprint density at radius 2 is 1.58 bits per heavy atom. The summed E-state index contributed by atoms with van der Waals surface area (Å²) >= 11 is 0. The van der Waals surface area contributed by atoms with Crippen LogP contribution in [0.3, 0.4) is 0 Å². The fourth-order valence-electron chi connectivity index (χ4n) is 1.77. The van der Waals surface area contributed by atoms with Crippen LogP contribution in [0, 0.1) is 23.3 Å². The van der Waals surface area contributed by atoms with E-state index in [4.69, 9.17) is 0 Å². The van der Waals surface area contributed by atoms with Crippen LogP contribution in [0.4, 0.5) is 17.6 Å². The molecule has 0 saturated carbocycles. The molecule has 0 atom stereocenters. The average Bonchev–Trinajstić information content (AvgIpc) is 2.54. The summed E-state index contributed by atoms with van der Waals surface area (Å²) in [6, 6.07) is 5.06. The van der Waals surface area contributed by atoms with Crippen LogP contribution in [0.15, 0.2) is 36.4 Å². The number of hydrogen-bond acceptors (Lipinski definition) is 3. The molecule has 0 heterocycles. The minimum atomic E-state index is -1.21. The summed E-state index contributed by atoms with van der Waals surface area (Å²) in [5.41, 5.74) is -0.611. The third-order valence-electron chi connectivity index (χ3n) is 2.97. The van der Waals surface area contributed by atoms with Gasteiger partial charge in [-0.1, -0.05) is 6.07 Å². The van der Waals surface area contributed by atoms with Crippen LogP contribution >= 0.6 is 0 Å². The first-order valence-corrected chi connectivity index (χ1v) is 6.69. The number of hydrogen-bond donors (Lipinski definition) is 1. The van der Waals surface area contributed by atoms with Gasteiger partial charge in [-0.15, -0.1) is 0 Å². The first-order valence-electron chi connectivity index (χ1n) is 6.69. The van der Waals surface area contributed by atoms with Gasteiger partial charge in [-0.25, -0.2) is 22.4 Å². The largest absolute Gasteiger partial charge is 0.452 e. The molecule has 2 aromatic carbocycles. The number of benzene rings is 2. The molecule has 0 spiro atoms. The average molecular weight is 341 g/mol. The molecule has 24 heavy (non-hydrogen) atoms. The molecule has 126 valence electrons.